The van der Waals surface area contributed by atoms with Gasteiger partial charge in [-0.1, -0.05) is 37.3 Å². The fraction of sp³-hybridized carbons (Fsp3) is 0.316. The average Bonchev–Trinajstić information content (AvgIpc) is 2.56. The smallest absolute Gasteiger partial charge is 0.170 e. The molecule has 0 fully saturated rings. The van der Waals surface area contributed by atoms with Gasteiger partial charge in [-0.15, -0.1) is 0 Å². The number of benzene rings is 2. The summed E-state index contributed by atoms with van der Waals surface area (Å²) < 4.78 is 5.62. The van der Waals surface area contributed by atoms with Crippen molar-refractivity contribution in [3.05, 3.63) is 65.2 Å². The van der Waals surface area contributed by atoms with Gasteiger partial charge in [0.05, 0.1) is 6.61 Å². The van der Waals surface area contributed by atoms with Crippen molar-refractivity contribution in [2.75, 3.05) is 6.61 Å². The Labute approximate surface area is 125 Å². The first-order valence-corrected chi connectivity index (χ1v) is 7.64. The van der Waals surface area contributed by atoms with E-state index in [1.54, 1.807) is 0 Å². The molecule has 0 saturated heterocycles. The first-order chi connectivity index (χ1) is 10.3. The van der Waals surface area contributed by atoms with Gasteiger partial charge < -0.3 is 4.74 Å². The molecule has 2 aromatic rings. The van der Waals surface area contributed by atoms with Crippen molar-refractivity contribution in [1.82, 2.24) is 0 Å². The lowest BCUT2D eigenvalue weighted by molar-refractivity contribution is 0.0957. The number of aryl methyl sites for hydroxylation is 1. The normalized spacial score (nSPS) is 14.9. The number of carbonyl (C=O) groups excluding carboxylic acids is 1. The van der Waals surface area contributed by atoms with Crippen molar-refractivity contribution >= 4 is 5.78 Å². The van der Waals surface area contributed by atoms with Crippen LogP contribution in [0, 0.1) is 0 Å². The largest absolute Gasteiger partial charge is 0.493 e. The topological polar surface area (TPSA) is 26.3 Å². The predicted molar refractivity (Wildman–Crippen MR) is 84.1 cm³/mol. The van der Waals surface area contributed by atoms with Gasteiger partial charge in [0.15, 0.2) is 5.78 Å². The third-order valence-corrected chi connectivity index (χ3v) is 4.12. The first-order valence-electron chi connectivity index (χ1n) is 7.64. The van der Waals surface area contributed by atoms with E-state index in [1.165, 1.54) is 0 Å². The summed E-state index contributed by atoms with van der Waals surface area (Å²) in [4.78, 5) is 12.8. The van der Waals surface area contributed by atoms with E-state index in [0.717, 1.165) is 48.3 Å². The Morgan fingerprint density at radius 3 is 2.76 bits per heavy atom. The van der Waals surface area contributed by atoms with E-state index in [0.29, 0.717) is 0 Å². The summed E-state index contributed by atoms with van der Waals surface area (Å²) in [5.74, 6) is 1.08. The minimum absolute atomic E-state index is 0.0613. The zero-order chi connectivity index (χ0) is 14.7. The molecule has 0 saturated carbocycles. The van der Waals surface area contributed by atoms with Gasteiger partial charge >= 0.3 is 0 Å². The van der Waals surface area contributed by atoms with E-state index in [-0.39, 0.29) is 11.7 Å². The molecule has 0 radical (unpaired) electrons. The quantitative estimate of drug-likeness (QED) is 0.776. The second-order valence-corrected chi connectivity index (χ2v) is 5.51. The van der Waals surface area contributed by atoms with Crippen LogP contribution in [0.3, 0.4) is 0 Å². The number of hydrogen-bond donors (Lipinski definition) is 0. The number of Topliss-reactive ketones (excluding diaryl/α,β-unsaturated/α-hetero) is 1. The maximum atomic E-state index is 12.8. The van der Waals surface area contributed by atoms with E-state index >= 15 is 0 Å². The average molecular weight is 280 g/mol. The molecule has 0 aromatic heterocycles. The van der Waals surface area contributed by atoms with Crippen LogP contribution in [0.2, 0.25) is 0 Å². The van der Waals surface area contributed by atoms with Gasteiger partial charge in [0, 0.05) is 11.5 Å². The van der Waals surface area contributed by atoms with Gasteiger partial charge in [0.1, 0.15) is 5.75 Å². The van der Waals surface area contributed by atoms with Crippen molar-refractivity contribution in [2.24, 2.45) is 0 Å². The van der Waals surface area contributed by atoms with E-state index in [1.807, 2.05) is 48.5 Å². The number of carbonyl (C=O) groups is 1. The summed E-state index contributed by atoms with van der Waals surface area (Å²) in [5, 5.41) is 0. The van der Waals surface area contributed by atoms with Gasteiger partial charge in [-0.3, -0.25) is 4.79 Å². The molecule has 2 aromatic carbocycles. The monoisotopic (exact) mass is 280 g/mol. The van der Waals surface area contributed by atoms with Crippen LogP contribution in [0.1, 0.15) is 47.2 Å². The summed E-state index contributed by atoms with van der Waals surface area (Å²) in [5.41, 5.74) is 3.06. The summed E-state index contributed by atoms with van der Waals surface area (Å²) in [6.07, 6.45) is 2.84. The van der Waals surface area contributed by atoms with Crippen LogP contribution in [-0.4, -0.2) is 12.4 Å². The minimum Gasteiger partial charge on any atom is -0.493 e. The van der Waals surface area contributed by atoms with Crippen molar-refractivity contribution in [2.45, 2.75) is 32.1 Å². The highest BCUT2D eigenvalue weighted by molar-refractivity contribution is 6.01. The first kappa shape index (κ1) is 13.9. The zero-order valence-electron chi connectivity index (χ0n) is 12.3. The molecule has 0 spiro atoms. The maximum absolute atomic E-state index is 12.8. The van der Waals surface area contributed by atoms with Crippen LogP contribution in [0.25, 0.3) is 0 Å². The molecular weight excluding hydrogens is 260 g/mol. The molecule has 2 nitrogen and oxygen atoms in total. The van der Waals surface area contributed by atoms with Crippen LogP contribution in [0.4, 0.5) is 0 Å². The lowest BCUT2D eigenvalue weighted by Crippen LogP contribution is -2.14. The van der Waals surface area contributed by atoms with Crippen LogP contribution in [-0.2, 0) is 6.42 Å². The molecule has 108 valence electrons. The van der Waals surface area contributed by atoms with E-state index < -0.39 is 0 Å². The van der Waals surface area contributed by atoms with Crippen molar-refractivity contribution < 1.29 is 9.53 Å². The van der Waals surface area contributed by atoms with E-state index in [2.05, 4.69) is 6.92 Å². The molecule has 0 aliphatic carbocycles. The Morgan fingerprint density at radius 2 is 2.00 bits per heavy atom. The van der Waals surface area contributed by atoms with E-state index in [4.69, 9.17) is 4.74 Å². The Kier molecular flexibility index (Phi) is 4.05. The van der Waals surface area contributed by atoms with Crippen molar-refractivity contribution in [3.63, 3.8) is 0 Å². The fourth-order valence-corrected chi connectivity index (χ4v) is 2.97. The summed E-state index contributed by atoms with van der Waals surface area (Å²) in [6, 6.07) is 15.9. The standard InChI is InChI=1S/C19H20O2/c1-2-17(14-7-4-3-5-8-14)19(20)16-10-11-18-15(13-16)9-6-12-21-18/h3-5,7-8,10-11,13,17H,2,6,9,12H2,1H3. The highest BCUT2D eigenvalue weighted by atomic mass is 16.5. The predicted octanol–water partition coefficient (Wildman–Crippen LogP) is 4.39. The van der Waals surface area contributed by atoms with E-state index in [9.17, 15) is 4.79 Å². The zero-order valence-corrected chi connectivity index (χ0v) is 12.3. The molecule has 1 atom stereocenters. The molecule has 0 N–H and O–H groups in total. The maximum Gasteiger partial charge on any atom is 0.170 e. The molecule has 1 aliphatic rings. The highest BCUT2D eigenvalue weighted by Crippen LogP contribution is 2.29. The van der Waals surface area contributed by atoms with Gasteiger partial charge in [-0.05, 0) is 48.6 Å². The highest BCUT2D eigenvalue weighted by Gasteiger charge is 2.21. The minimum atomic E-state index is -0.0613. The molecule has 1 aliphatic heterocycles. The molecule has 1 unspecified atom stereocenters. The van der Waals surface area contributed by atoms with Crippen molar-refractivity contribution in [3.8, 4) is 5.75 Å². The van der Waals surface area contributed by atoms with Crippen molar-refractivity contribution in [1.29, 1.82) is 0 Å². The Bertz CT molecular complexity index is 631. The second kappa shape index (κ2) is 6.13. The molecule has 1 heterocycles. The molecule has 21 heavy (non-hydrogen) atoms. The number of ketones is 1. The SMILES string of the molecule is CCC(C(=O)c1ccc2c(c1)CCCO2)c1ccccc1. The van der Waals surface area contributed by atoms with Crippen LogP contribution < -0.4 is 4.74 Å². The molecule has 2 heteroatoms. The lowest BCUT2D eigenvalue weighted by Gasteiger charge is -2.19. The molecule has 0 bridgehead atoms. The summed E-state index contributed by atoms with van der Waals surface area (Å²) >= 11 is 0. The summed E-state index contributed by atoms with van der Waals surface area (Å²) in [6.45, 7) is 2.85. The van der Waals surface area contributed by atoms with Gasteiger partial charge in [-0.2, -0.15) is 0 Å². The van der Waals surface area contributed by atoms with Crippen LogP contribution in [0.15, 0.2) is 48.5 Å². The Balaban J connectivity index is 1.90. The number of hydrogen-bond acceptors (Lipinski definition) is 2. The van der Waals surface area contributed by atoms with Gasteiger partial charge in [0.25, 0.3) is 0 Å². The molecule has 0 amide bonds. The number of ether oxygens (including phenoxy) is 1. The third-order valence-electron chi connectivity index (χ3n) is 4.12. The van der Waals surface area contributed by atoms with Crippen LogP contribution >= 0.6 is 0 Å². The number of fused-ring (bicyclic) bond motifs is 1. The summed E-state index contributed by atoms with van der Waals surface area (Å²) in [7, 11) is 0. The Morgan fingerprint density at radius 1 is 1.19 bits per heavy atom. The Hall–Kier alpha value is -2.09. The molecule has 3 rings (SSSR count). The third kappa shape index (κ3) is 2.85. The van der Waals surface area contributed by atoms with Crippen LogP contribution in [0.5, 0.6) is 5.75 Å². The number of rotatable bonds is 4. The molecular formula is C19H20O2. The lowest BCUT2D eigenvalue weighted by atomic mass is 9.87. The van der Waals surface area contributed by atoms with Gasteiger partial charge in [0.2, 0.25) is 0 Å². The van der Waals surface area contributed by atoms with Gasteiger partial charge in [-0.25, -0.2) is 0 Å². The second-order valence-electron chi connectivity index (χ2n) is 5.51. The fourth-order valence-electron chi connectivity index (χ4n) is 2.97.